The van der Waals surface area contributed by atoms with Crippen molar-refractivity contribution in [3.63, 3.8) is 0 Å². The molecule has 4 nitrogen and oxygen atoms in total. The van der Waals surface area contributed by atoms with E-state index in [1.54, 1.807) is 19.1 Å². The molecular formula is C15H19NO3. The van der Waals surface area contributed by atoms with E-state index in [-0.39, 0.29) is 16.9 Å². The molecule has 2 rings (SSSR count). The highest BCUT2D eigenvalue weighted by Gasteiger charge is 2.36. The van der Waals surface area contributed by atoms with E-state index in [9.17, 15) is 9.59 Å². The lowest BCUT2D eigenvalue weighted by atomic mass is 9.88. The number of nitrogens with one attached hydrogen (secondary N) is 1. The summed E-state index contributed by atoms with van der Waals surface area (Å²) in [6.45, 7) is 3.73. The Hall–Kier alpha value is -1.84. The molecule has 1 amide bonds. The van der Waals surface area contributed by atoms with E-state index < -0.39 is 5.97 Å². The van der Waals surface area contributed by atoms with Crippen LogP contribution in [0.15, 0.2) is 18.2 Å². The van der Waals surface area contributed by atoms with Crippen molar-refractivity contribution >= 4 is 17.6 Å². The number of carboxylic acids is 1. The second-order valence-corrected chi connectivity index (χ2v) is 5.56. The van der Waals surface area contributed by atoms with Gasteiger partial charge in [-0.15, -0.1) is 0 Å². The van der Waals surface area contributed by atoms with Crippen LogP contribution in [0.3, 0.4) is 0 Å². The minimum Gasteiger partial charge on any atom is -0.478 e. The number of amides is 1. The summed E-state index contributed by atoms with van der Waals surface area (Å²) in [5.74, 6) is -0.911. The van der Waals surface area contributed by atoms with Crippen molar-refractivity contribution in [1.82, 2.24) is 0 Å². The Labute approximate surface area is 112 Å². The molecule has 1 aliphatic rings. The standard InChI is InChI=1S/C15H19NO3/c1-10-9-11(5-6-12(10)13(17)18)16-14(19)15(2)7-3-4-8-15/h5-6,9H,3-4,7-8H2,1-2H3,(H,16,19)(H,17,18). The first-order chi connectivity index (χ1) is 8.92. The lowest BCUT2D eigenvalue weighted by Crippen LogP contribution is -2.30. The van der Waals surface area contributed by atoms with Crippen LogP contribution < -0.4 is 5.32 Å². The monoisotopic (exact) mass is 261 g/mol. The second kappa shape index (κ2) is 5.03. The highest BCUT2D eigenvalue weighted by Crippen LogP contribution is 2.38. The molecule has 1 fully saturated rings. The van der Waals surface area contributed by atoms with E-state index in [0.29, 0.717) is 11.3 Å². The van der Waals surface area contributed by atoms with Crippen LogP contribution in [0.1, 0.15) is 48.5 Å². The Bertz CT molecular complexity index is 516. The molecule has 0 unspecified atom stereocenters. The molecule has 0 saturated heterocycles. The third kappa shape index (κ3) is 2.78. The van der Waals surface area contributed by atoms with Crippen LogP contribution in [-0.4, -0.2) is 17.0 Å². The van der Waals surface area contributed by atoms with Crippen LogP contribution in [-0.2, 0) is 4.79 Å². The van der Waals surface area contributed by atoms with Crippen molar-refractivity contribution in [2.75, 3.05) is 5.32 Å². The van der Waals surface area contributed by atoms with Gasteiger partial charge in [-0.05, 0) is 43.5 Å². The molecule has 4 heteroatoms. The molecule has 0 bridgehead atoms. The molecule has 0 radical (unpaired) electrons. The molecule has 102 valence electrons. The van der Waals surface area contributed by atoms with Crippen LogP contribution in [0, 0.1) is 12.3 Å². The van der Waals surface area contributed by atoms with E-state index in [0.717, 1.165) is 25.7 Å². The first kappa shape index (κ1) is 13.6. The van der Waals surface area contributed by atoms with Gasteiger partial charge in [0.2, 0.25) is 5.91 Å². The molecule has 1 aromatic rings. The number of hydrogen-bond acceptors (Lipinski definition) is 2. The highest BCUT2D eigenvalue weighted by atomic mass is 16.4. The van der Waals surface area contributed by atoms with E-state index in [1.165, 1.54) is 6.07 Å². The van der Waals surface area contributed by atoms with Crippen molar-refractivity contribution in [2.24, 2.45) is 5.41 Å². The quantitative estimate of drug-likeness (QED) is 0.878. The number of benzene rings is 1. The third-order valence-electron chi connectivity index (χ3n) is 3.97. The van der Waals surface area contributed by atoms with E-state index >= 15 is 0 Å². The van der Waals surface area contributed by atoms with Crippen molar-refractivity contribution < 1.29 is 14.7 Å². The number of anilines is 1. The number of aromatic carboxylic acids is 1. The fraction of sp³-hybridized carbons (Fsp3) is 0.467. The van der Waals surface area contributed by atoms with Crippen LogP contribution in [0.25, 0.3) is 0 Å². The SMILES string of the molecule is Cc1cc(NC(=O)C2(C)CCCC2)ccc1C(=O)O. The van der Waals surface area contributed by atoms with Gasteiger partial charge in [0.05, 0.1) is 5.56 Å². The topological polar surface area (TPSA) is 66.4 Å². The average molecular weight is 261 g/mol. The largest absolute Gasteiger partial charge is 0.478 e. The molecule has 0 heterocycles. The lowest BCUT2D eigenvalue weighted by molar-refractivity contribution is -0.124. The predicted octanol–water partition coefficient (Wildman–Crippen LogP) is 3.21. The van der Waals surface area contributed by atoms with Crippen molar-refractivity contribution in [3.8, 4) is 0 Å². The maximum Gasteiger partial charge on any atom is 0.335 e. The smallest absolute Gasteiger partial charge is 0.335 e. The van der Waals surface area contributed by atoms with E-state index in [4.69, 9.17) is 5.11 Å². The van der Waals surface area contributed by atoms with Gasteiger partial charge in [0.1, 0.15) is 0 Å². The van der Waals surface area contributed by atoms with E-state index in [2.05, 4.69) is 5.32 Å². The molecule has 1 aliphatic carbocycles. The molecule has 19 heavy (non-hydrogen) atoms. The second-order valence-electron chi connectivity index (χ2n) is 5.56. The molecule has 0 spiro atoms. The number of carboxylic acid groups (broad SMARTS) is 1. The molecule has 0 aliphatic heterocycles. The van der Waals surface area contributed by atoms with Gasteiger partial charge in [0.25, 0.3) is 0 Å². The maximum atomic E-state index is 12.2. The Morgan fingerprint density at radius 2 is 1.89 bits per heavy atom. The van der Waals surface area contributed by atoms with Gasteiger partial charge in [-0.1, -0.05) is 19.8 Å². The summed E-state index contributed by atoms with van der Waals surface area (Å²) < 4.78 is 0. The zero-order valence-electron chi connectivity index (χ0n) is 11.3. The van der Waals surface area contributed by atoms with Crippen LogP contribution in [0.2, 0.25) is 0 Å². The average Bonchev–Trinajstić information content (AvgIpc) is 2.77. The van der Waals surface area contributed by atoms with Gasteiger partial charge in [-0.3, -0.25) is 4.79 Å². The Morgan fingerprint density at radius 3 is 2.42 bits per heavy atom. The van der Waals surface area contributed by atoms with Gasteiger partial charge in [-0.25, -0.2) is 4.79 Å². The van der Waals surface area contributed by atoms with Gasteiger partial charge < -0.3 is 10.4 Å². The molecule has 0 aromatic heterocycles. The fourth-order valence-electron chi connectivity index (χ4n) is 2.65. The maximum absolute atomic E-state index is 12.2. The zero-order chi connectivity index (χ0) is 14.0. The molecule has 1 saturated carbocycles. The van der Waals surface area contributed by atoms with E-state index in [1.807, 2.05) is 6.92 Å². The van der Waals surface area contributed by atoms with Gasteiger partial charge >= 0.3 is 5.97 Å². The number of hydrogen-bond donors (Lipinski definition) is 2. The fourth-order valence-corrected chi connectivity index (χ4v) is 2.65. The van der Waals surface area contributed by atoms with Gasteiger partial charge in [0.15, 0.2) is 0 Å². The molecule has 0 atom stereocenters. The summed E-state index contributed by atoms with van der Waals surface area (Å²) >= 11 is 0. The minimum atomic E-state index is -0.946. The minimum absolute atomic E-state index is 0.0347. The lowest BCUT2D eigenvalue weighted by Gasteiger charge is -2.22. The van der Waals surface area contributed by atoms with Crippen LogP contribution in [0.5, 0.6) is 0 Å². The summed E-state index contributed by atoms with van der Waals surface area (Å²) in [5, 5.41) is 11.9. The van der Waals surface area contributed by atoms with Crippen molar-refractivity contribution in [3.05, 3.63) is 29.3 Å². The van der Waals surface area contributed by atoms with Crippen molar-refractivity contribution in [1.29, 1.82) is 0 Å². The Kier molecular flexibility index (Phi) is 3.60. The zero-order valence-corrected chi connectivity index (χ0v) is 11.3. The normalized spacial score (nSPS) is 17.2. The molecule has 2 N–H and O–H groups in total. The summed E-state index contributed by atoms with van der Waals surface area (Å²) in [6, 6.07) is 4.89. The first-order valence-electron chi connectivity index (χ1n) is 6.58. The molecule has 1 aromatic carbocycles. The molecular weight excluding hydrogens is 242 g/mol. The van der Waals surface area contributed by atoms with Gasteiger partial charge in [0, 0.05) is 11.1 Å². The van der Waals surface area contributed by atoms with Crippen LogP contribution >= 0.6 is 0 Å². The number of carbonyl (C=O) groups excluding carboxylic acids is 1. The third-order valence-corrected chi connectivity index (χ3v) is 3.97. The van der Waals surface area contributed by atoms with Crippen molar-refractivity contribution in [2.45, 2.75) is 39.5 Å². The number of rotatable bonds is 3. The Balaban J connectivity index is 2.13. The highest BCUT2D eigenvalue weighted by molar-refractivity contribution is 5.96. The summed E-state index contributed by atoms with van der Waals surface area (Å²) in [6.07, 6.45) is 4.04. The van der Waals surface area contributed by atoms with Gasteiger partial charge in [-0.2, -0.15) is 0 Å². The summed E-state index contributed by atoms with van der Waals surface area (Å²) in [5.41, 5.74) is 1.31. The number of aryl methyl sites for hydroxylation is 1. The summed E-state index contributed by atoms with van der Waals surface area (Å²) in [7, 11) is 0. The Morgan fingerprint density at radius 1 is 1.26 bits per heavy atom. The first-order valence-corrected chi connectivity index (χ1v) is 6.58. The summed E-state index contributed by atoms with van der Waals surface area (Å²) in [4.78, 5) is 23.2. The number of carbonyl (C=O) groups is 2. The van der Waals surface area contributed by atoms with Crippen LogP contribution in [0.4, 0.5) is 5.69 Å². The predicted molar refractivity (Wildman–Crippen MR) is 73.3 cm³/mol.